The number of benzene rings is 2. The van der Waals surface area contributed by atoms with Gasteiger partial charge in [-0.3, -0.25) is 0 Å². The lowest BCUT2D eigenvalue weighted by atomic mass is 10.00. The van der Waals surface area contributed by atoms with Gasteiger partial charge in [-0.15, -0.1) is 0 Å². The number of furan rings is 1. The van der Waals surface area contributed by atoms with E-state index in [9.17, 15) is 4.79 Å². The number of para-hydroxylation sites is 1. The van der Waals surface area contributed by atoms with E-state index in [1.165, 1.54) is 0 Å². The molecule has 0 aliphatic carbocycles. The van der Waals surface area contributed by atoms with Gasteiger partial charge in [0.15, 0.2) is 0 Å². The van der Waals surface area contributed by atoms with Gasteiger partial charge in [0, 0.05) is 22.9 Å². The zero-order chi connectivity index (χ0) is 15.8. The molecule has 0 bridgehead atoms. The molecule has 1 aliphatic heterocycles. The fraction of sp³-hybridized carbons (Fsp3) is 0.167. The van der Waals surface area contributed by atoms with Crippen LogP contribution < -0.4 is 10.5 Å². The standard InChI is InChI=1S/C18H15NO4/c19-18(20)23-15-7-8-21-17-10-12(5-6-13(15)17)16-9-11-3-1-2-4-14(11)22-16/h1-6,9-10,15H,7-8H2,(H2,19,20). The third-order valence-corrected chi connectivity index (χ3v) is 3.97. The van der Waals surface area contributed by atoms with Gasteiger partial charge >= 0.3 is 6.09 Å². The van der Waals surface area contributed by atoms with E-state index in [0.717, 1.165) is 27.9 Å². The van der Waals surface area contributed by atoms with Gasteiger partial charge < -0.3 is 19.6 Å². The molecule has 5 nitrogen and oxygen atoms in total. The molecule has 23 heavy (non-hydrogen) atoms. The van der Waals surface area contributed by atoms with Gasteiger partial charge in [0.25, 0.3) is 0 Å². The first-order chi connectivity index (χ1) is 11.2. The van der Waals surface area contributed by atoms with Crippen molar-refractivity contribution < 1.29 is 18.7 Å². The molecular weight excluding hydrogens is 294 g/mol. The molecule has 2 heterocycles. The second-order valence-corrected chi connectivity index (χ2v) is 5.46. The highest BCUT2D eigenvalue weighted by atomic mass is 16.6. The summed E-state index contributed by atoms with van der Waals surface area (Å²) in [5.41, 5.74) is 7.72. The summed E-state index contributed by atoms with van der Waals surface area (Å²) in [5.74, 6) is 1.47. The summed E-state index contributed by atoms with van der Waals surface area (Å²) < 4.78 is 16.7. The van der Waals surface area contributed by atoms with E-state index in [1.807, 2.05) is 48.5 Å². The lowest BCUT2D eigenvalue weighted by molar-refractivity contribution is 0.0766. The number of amides is 1. The third-order valence-electron chi connectivity index (χ3n) is 3.97. The minimum absolute atomic E-state index is 0.360. The summed E-state index contributed by atoms with van der Waals surface area (Å²) >= 11 is 0. The molecule has 5 heteroatoms. The summed E-state index contributed by atoms with van der Waals surface area (Å²) in [4.78, 5) is 11.0. The average Bonchev–Trinajstić information content (AvgIpc) is 2.98. The zero-order valence-electron chi connectivity index (χ0n) is 12.3. The predicted molar refractivity (Wildman–Crippen MR) is 85.2 cm³/mol. The number of nitrogens with two attached hydrogens (primary N) is 1. The van der Waals surface area contributed by atoms with Crippen LogP contribution in [-0.2, 0) is 4.74 Å². The number of hydrogen-bond donors (Lipinski definition) is 1. The number of fused-ring (bicyclic) bond motifs is 2. The molecule has 3 aromatic rings. The zero-order valence-corrected chi connectivity index (χ0v) is 12.3. The number of hydrogen-bond acceptors (Lipinski definition) is 4. The van der Waals surface area contributed by atoms with Crippen LogP contribution in [0.5, 0.6) is 5.75 Å². The highest BCUT2D eigenvalue weighted by molar-refractivity contribution is 5.83. The Bertz CT molecular complexity index is 851. The Morgan fingerprint density at radius 1 is 1.17 bits per heavy atom. The van der Waals surface area contributed by atoms with Crippen LogP contribution in [0.1, 0.15) is 18.1 Å². The summed E-state index contributed by atoms with van der Waals surface area (Å²) in [7, 11) is 0. The number of carbonyl (C=O) groups is 1. The van der Waals surface area contributed by atoms with Crippen molar-refractivity contribution >= 4 is 17.1 Å². The first-order valence-corrected chi connectivity index (χ1v) is 7.42. The summed E-state index contributed by atoms with van der Waals surface area (Å²) in [6.07, 6.45) is -0.537. The minimum atomic E-state index is -0.774. The third kappa shape index (κ3) is 2.50. The van der Waals surface area contributed by atoms with Gasteiger partial charge in [-0.25, -0.2) is 4.79 Å². The van der Waals surface area contributed by atoms with Crippen LogP contribution in [0.15, 0.2) is 52.9 Å². The summed E-state index contributed by atoms with van der Waals surface area (Å²) in [5, 5.41) is 1.05. The van der Waals surface area contributed by atoms with Crippen LogP contribution in [0.2, 0.25) is 0 Å². The maximum absolute atomic E-state index is 11.0. The molecule has 1 aromatic heterocycles. The van der Waals surface area contributed by atoms with Crippen molar-refractivity contribution in [3.05, 3.63) is 54.1 Å². The fourth-order valence-electron chi connectivity index (χ4n) is 2.90. The Balaban J connectivity index is 1.72. The van der Waals surface area contributed by atoms with Gasteiger partial charge in [-0.05, 0) is 18.2 Å². The van der Waals surface area contributed by atoms with E-state index in [0.29, 0.717) is 18.8 Å². The lowest BCUT2D eigenvalue weighted by Crippen LogP contribution is -2.22. The molecule has 2 N–H and O–H groups in total. The quantitative estimate of drug-likeness (QED) is 0.776. The van der Waals surface area contributed by atoms with Crippen LogP contribution in [0.3, 0.4) is 0 Å². The highest BCUT2D eigenvalue weighted by Gasteiger charge is 2.25. The second-order valence-electron chi connectivity index (χ2n) is 5.46. The average molecular weight is 309 g/mol. The lowest BCUT2D eigenvalue weighted by Gasteiger charge is -2.25. The Morgan fingerprint density at radius 3 is 2.87 bits per heavy atom. The SMILES string of the molecule is NC(=O)OC1CCOc2cc(-c3cc4ccccc4o3)ccc21. The van der Waals surface area contributed by atoms with Crippen molar-refractivity contribution in [2.24, 2.45) is 5.73 Å². The molecule has 4 rings (SSSR count). The van der Waals surface area contributed by atoms with E-state index < -0.39 is 6.09 Å². The molecule has 1 aliphatic rings. The molecule has 1 unspecified atom stereocenters. The molecule has 1 amide bonds. The molecule has 1 atom stereocenters. The predicted octanol–water partition coefficient (Wildman–Crippen LogP) is 4.02. The Hall–Kier alpha value is -2.95. The Labute approximate surface area is 132 Å². The normalized spacial score (nSPS) is 16.6. The molecular formula is C18H15NO4. The topological polar surface area (TPSA) is 74.7 Å². The van der Waals surface area contributed by atoms with E-state index in [2.05, 4.69) is 0 Å². The van der Waals surface area contributed by atoms with E-state index in [4.69, 9.17) is 19.6 Å². The van der Waals surface area contributed by atoms with Crippen LogP contribution in [0.25, 0.3) is 22.3 Å². The monoisotopic (exact) mass is 309 g/mol. The van der Waals surface area contributed by atoms with Crippen molar-refractivity contribution in [1.82, 2.24) is 0 Å². The first-order valence-electron chi connectivity index (χ1n) is 7.42. The largest absolute Gasteiger partial charge is 0.493 e. The molecule has 0 radical (unpaired) electrons. The van der Waals surface area contributed by atoms with Crippen molar-refractivity contribution in [3.63, 3.8) is 0 Å². The van der Waals surface area contributed by atoms with Crippen LogP contribution in [-0.4, -0.2) is 12.7 Å². The van der Waals surface area contributed by atoms with Crippen molar-refractivity contribution in [3.8, 4) is 17.1 Å². The first kappa shape index (κ1) is 13.7. The van der Waals surface area contributed by atoms with Crippen molar-refractivity contribution in [2.75, 3.05) is 6.61 Å². The van der Waals surface area contributed by atoms with Crippen LogP contribution in [0.4, 0.5) is 4.79 Å². The van der Waals surface area contributed by atoms with Gasteiger partial charge in [0.1, 0.15) is 23.2 Å². The Morgan fingerprint density at radius 2 is 2.04 bits per heavy atom. The van der Waals surface area contributed by atoms with Crippen molar-refractivity contribution in [2.45, 2.75) is 12.5 Å². The molecule has 0 fully saturated rings. The van der Waals surface area contributed by atoms with Gasteiger partial charge in [-0.1, -0.05) is 30.3 Å². The van der Waals surface area contributed by atoms with E-state index in [-0.39, 0.29) is 6.10 Å². The Kier molecular flexibility index (Phi) is 3.19. The van der Waals surface area contributed by atoms with Crippen LogP contribution >= 0.6 is 0 Å². The molecule has 0 saturated carbocycles. The number of ether oxygens (including phenoxy) is 2. The van der Waals surface area contributed by atoms with E-state index >= 15 is 0 Å². The maximum atomic E-state index is 11.0. The number of primary amides is 1. The molecule has 0 saturated heterocycles. The maximum Gasteiger partial charge on any atom is 0.405 e. The molecule has 116 valence electrons. The summed E-state index contributed by atoms with van der Waals surface area (Å²) in [6.45, 7) is 0.481. The van der Waals surface area contributed by atoms with Crippen molar-refractivity contribution in [1.29, 1.82) is 0 Å². The number of carbonyl (C=O) groups excluding carboxylic acids is 1. The molecule has 0 spiro atoms. The minimum Gasteiger partial charge on any atom is -0.493 e. The van der Waals surface area contributed by atoms with Gasteiger partial charge in [0.05, 0.1) is 6.61 Å². The van der Waals surface area contributed by atoms with Gasteiger partial charge in [0.2, 0.25) is 0 Å². The second kappa shape index (κ2) is 5.35. The summed E-state index contributed by atoms with van der Waals surface area (Å²) in [6, 6.07) is 15.6. The number of rotatable bonds is 2. The van der Waals surface area contributed by atoms with Gasteiger partial charge in [-0.2, -0.15) is 0 Å². The molecule has 2 aromatic carbocycles. The fourth-order valence-corrected chi connectivity index (χ4v) is 2.90. The van der Waals surface area contributed by atoms with E-state index in [1.54, 1.807) is 0 Å². The highest BCUT2D eigenvalue weighted by Crippen LogP contribution is 2.38. The smallest absolute Gasteiger partial charge is 0.405 e. The van der Waals surface area contributed by atoms with Crippen LogP contribution in [0, 0.1) is 0 Å².